The minimum atomic E-state index is -0.337. The van der Waals surface area contributed by atoms with Gasteiger partial charge in [0.15, 0.2) is 5.76 Å². The van der Waals surface area contributed by atoms with Gasteiger partial charge in [0.25, 0.3) is 5.91 Å². The third-order valence-corrected chi connectivity index (χ3v) is 7.17. The molecule has 3 aromatic carbocycles. The van der Waals surface area contributed by atoms with Crippen LogP contribution in [0.5, 0.6) is 5.75 Å². The lowest BCUT2D eigenvalue weighted by molar-refractivity contribution is -0.136. The first-order valence-corrected chi connectivity index (χ1v) is 13.5. The van der Waals surface area contributed by atoms with Crippen LogP contribution in [0.3, 0.4) is 0 Å². The summed E-state index contributed by atoms with van der Waals surface area (Å²) in [5.74, 6) is 0.766. The van der Waals surface area contributed by atoms with E-state index in [0.29, 0.717) is 24.6 Å². The summed E-state index contributed by atoms with van der Waals surface area (Å²) in [4.78, 5) is 29.5. The second-order valence-electron chi connectivity index (χ2n) is 10.5. The Balaban J connectivity index is 1.32. The van der Waals surface area contributed by atoms with Gasteiger partial charge in [0, 0.05) is 26.1 Å². The molecule has 1 aliphatic heterocycles. The number of benzene rings is 3. The summed E-state index contributed by atoms with van der Waals surface area (Å²) in [6.07, 6.45) is 0.728. The van der Waals surface area contributed by atoms with E-state index < -0.39 is 0 Å². The number of ether oxygens (including phenoxy) is 1. The summed E-state index contributed by atoms with van der Waals surface area (Å²) in [5.41, 5.74) is 3.97. The molecule has 0 saturated carbocycles. The van der Waals surface area contributed by atoms with Crippen molar-refractivity contribution in [3.63, 3.8) is 0 Å². The van der Waals surface area contributed by atoms with Gasteiger partial charge in [-0.25, -0.2) is 4.39 Å². The Bertz CT molecular complexity index is 1480. The van der Waals surface area contributed by atoms with E-state index in [2.05, 4.69) is 0 Å². The van der Waals surface area contributed by atoms with Gasteiger partial charge in [0.05, 0.1) is 6.04 Å². The predicted octanol–water partition coefficient (Wildman–Crippen LogP) is 6.40. The largest absolute Gasteiger partial charge is 0.486 e. The molecule has 0 radical (unpaired) electrons. The fourth-order valence-electron chi connectivity index (χ4n) is 5.10. The van der Waals surface area contributed by atoms with E-state index in [-0.39, 0.29) is 42.0 Å². The Labute approximate surface area is 234 Å². The molecule has 40 heavy (non-hydrogen) atoms. The van der Waals surface area contributed by atoms with Gasteiger partial charge >= 0.3 is 0 Å². The first kappa shape index (κ1) is 27.2. The zero-order valence-electron chi connectivity index (χ0n) is 23.0. The van der Waals surface area contributed by atoms with E-state index in [0.717, 1.165) is 28.7 Å². The van der Waals surface area contributed by atoms with Gasteiger partial charge in [-0.3, -0.25) is 9.59 Å². The second-order valence-corrected chi connectivity index (χ2v) is 10.5. The van der Waals surface area contributed by atoms with Crippen LogP contribution in [0.25, 0.3) is 0 Å². The normalized spacial score (nSPS) is 14.6. The average Bonchev–Trinajstić information content (AvgIpc) is 3.44. The molecule has 4 aromatic rings. The Morgan fingerprint density at radius 2 is 1.77 bits per heavy atom. The molecule has 1 aliphatic rings. The van der Waals surface area contributed by atoms with E-state index in [9.17, 15) is 14.0 Å². The van der Waals surface area contributed by atoms with Crippen LogP contribution in [-0.2, 0) is 24.4 Å². The zero-order chi connectivity index (χ0) is 28.2. The molecular weight excluding hydrogens is 507 g/mol. The van der Waals surface area contributed by atoms with Crippen molar-refractivity contribution < 1.29 is 23.1 Å². The second kappa shape index (κ2) is 11.8. The maximum absolute atomic E-state index is 13.7. The fraction of sp³-hybridized carbons (Fsp3) is 0.273. The van der Waals surface area contributed by atoms with Crippen molar-refractivity contribution in [1.82, 2.24) is 9.80 Å². The number of fused-ring (bicyclic) bond motifs is 1. The van der Waals surface area contributed by atoms with Gasteiger partial charge in [-0.05, 0) is 65.1 Å². The van der Waals surface area contributed by atoms with Gasteiger partial charge in [0.1, 0.15) is 23.9 Å². The van der Waals surface area contributed by atoms with E-state index in [1.807, 2.05) is 67.3 Å². The van der Waals surface area contributed by atoms with Crippen LogP contribution in [0.2, 0.25) is 0 Å². The van der Waals surface area contributed by atoms with Crippen molar-refractivity contribution in [2.24, 2.45) is 5.92 Å². The molecule has 0 fully saturated rings. The van der Waals surface area contributed by atoms with Crippen LogP contribution in [-0.4, -0.2) is 35.2 Å². The molecular formula is C33H33FN2O4. The number of hydrogen-bond acceptors (Lipinski definition) is 4. The molecule has 0 aliphatic carbocycles. The van der Waals surface area contributed by atoms with Crippen molar-refractivity contribution in [1.29, 1.82) is 0 Å². The summed E-state index contributed by atoms with van der Waals surface area (Å²) in [7, 11) is 1.74. The minimum Gasteiger partial charge on any atom is -0.486 e. The van der Waals surface area contributed by atoms with Gasteiger partial charge in [-0.1, -0.05) is 62.4 Å². The first-order chi connectivity index (χ1) is 19.3. The highest BCUT2D eigenvalue weighted by Gasteiger charge is 2.33. The molecule has 1 aromatic heterocycles. The Hall–Kier alpha value is -4.39. The number of nitrogens with zero attached hydrogens (tertiary/aromatic N) is 2. The number of carbonyl (C=O) groups excluding carboxylic acids is 2. The van der Waals surface area contributed by atoms with Crippen LogP contribution >= 0.6 is 0 Å². The van der Waals surface area contributed by atoms with Crippen molar-refractivity contribution in [2.45, 2.75) is 39.5 Å². The maximum atomic E-state index is 13.7. The molecule has 206 valence electrons. The van der Waals surface area contributed by atoms with E-state index >= 15 is 0 Å². The quantitative estimate of drug-likeness (QED) is 0.260. The van der Waals surface area contributed by atoms with Crippen molar-refractivity contribution in [3.05, 3.63) is 125 Å². The summed E-state index contributed by atoms with van der Waals surface area (Å²) in [6, 6.07) is 25.0. The molecule has 2 amide bonds. The molecule has 0 N–H and O–H groups in total. The number of carbonyl (C=O) groups is 2. The summed E-state index contributed by atoms with van der Waals surface area (Å²) in [5, 5.41) is 0. The van der Waals surface area contributed by atoms with Crippen LogP contribution in [0, 0.1) is 11.7 Å². The molecule has 2 heterocycles. The van der Waals surface area contributed by atoms with Gasteiger partial charge < -0.3 is 19.0 Å². The number of hydrogen-bond donors (Lipinski definition) is 0. The summed E-state index contributed by atoms with van der Waals surface area (Å²) in [6.45, 7) is 4.99. The third-order valence-electron chi connectivity index (χ3n) is 7.17. The lowest BCUT2D eigenvalue weighted by atomic mass is 9.87. The number of halogens is 1. The molecule has 0 unspecified atom stereocenters. The SMILES string of the molecule is CC(C)C(=O)N1CCc2ccc(OCc3ccc(C(=O)N(C)Cc4ccccc4)o3)cc2[C@H]1c1ccc(F)cc1. The molecule has 6 nitrogen and oxygen atoms in total. The highest BCUT2D eigenvalue weighted by atomic mass is 19.1. The summed E-state index contributed by atoms with van der Waals surface area (Å²) >= 11 is 0. The van der Waals surface area contributed by atoms with E-state index in [1.165, 1.54) is 12.1 Å². The van der Waals surface area contributed by atoms with Crippen LogP contribution in [0.15, 0.2) is 89.3 Å². The molecule has 0 spiro atoms. The van der Waals surface area contributed by atoms with Crippen molar-refractivity contribution >= 4 is 11.8 Å². The van der Waals surface area contributed by atoms with Gasteiger partial charge in [-0.15, -0.1) is 0 Å². The lowest BCUT2D eigenvalue weighted by Crippen LogP contribution is -2.42. The molecule has 5 rings (SSSR count). The standard InChI is InChI=1S/C33H33FN2O4/c1-22(2)32(37)36-18-17-24-11-14-27(19-29(24)31(36)25-9-12-26(34)13-10-25)39-21-28-15-16-30(40-28)33(38)35(3)20-23-7-5-4-6-8-23/h4-16,19,22,31H,17-18,20-21H2,1-3H3/t31-/m1/s1. The highest BCUT2D eigenvalue weighted by molar-refractivity contribution is 5.91. The zero-order valence-corrected chi connectivity index (χ0v) is 23.0. The minimum absolute atomic E-state index is 0.0521. The fourth-order valence-corrected chi connectivity index (χ4v) is 5.10. The monoisotopic (exact) mass is 540 g/mol. The highest BCUT2D eigenvalue weighted by Crippen LogP contribution is 2.38. The first-order valence-electron chi connectivity index (χ1n) is 13.5. The molecule has 0 saturated heterocycles. The van der Waals surface area contributed by atoms with E-state index in [4.69, 9.17) is 9.15 Å². The van der Waals surface area contributed by atoms with Gasteiger partial charge in [0.2, 0.25) is 5.91 Å². The van der Waals surface area contributed by atoms with Crippen molar-refractivity contribution in [3.8, 4) is 5.75 Å². The molecule has 1 atom stereocenters. The van der Waals surface area contributed by atoms with E-state index in [1.54, 1.807) is 36.2 Å². The number of rotatable bonds is 8. The Morgan fingerprint density at radius 1 is 1.02 bits per heavy atom. The van der Waals surface area contributed by atoms with Crippen LogP contribution in [0.1, 0.15) is 58.5 Å². The van der Waals surface area contributed by atoms with Crippen LogP contribution < -0.4 is 4.74 Å². The number of amides is 2. The Morgan fingerprint density at radius 3 is 2.50 bits per heavy atom. The predicted molar refractivity (Wildman–Crippen MR) is 150 cm³/mol. The maximum Gasteiger partial charge on any atom is 0.289 e. The van der Waals surface area contributed by atoms with Crippen molar-refractivity contribution in [2.75, 3.05) is 13.6 Å². The molecule has 0 bridgehead atoms. The summed E-state index contributed by atoms with van der Waals surface area (Å²) < 4.78 is 25.6. The smallest absolute Gasteiger partial charge is 0.289 e. The average molecular weight is 541 g/mol. The lowest BCUT2D eigenvalue weighted by Gasteiger charge is -2.39. The third kappa shape index (κ3) is 5.93. The topological polar surface area (TPSA) is 63.0 Å². The number of furan rings is 1. The van der Waals surface area contributed by atoms with Gasteiger partial charge in [-0.2, -0.15) is 0 Å². The molecule has 7 heteroatoms. The Kier molecular flexibility index (Phi) is 8.01. The van der Waals surface area contributed by atoms with Crippen LogP contribution in [0.4, 0.5) is 4.39 Å².